The molecule has 0 fully saturated rings. The Hall–Kier alpha value is -0.903. The lowest BCUT2D eigenvalue weighted by Gasteiger charge is -2.36. The zero-order valence-corrected chi connectivity index (χ0v) is 14.3. The number of aliphatic hydroxyl groups is 1. The molecule has 0 saturated heterocycles. The monoisotopic (exact) mass is 291 g/mol. The fourth-order valence-electron chi connectivity index (χ4n) is 2.79. The van der Waals surface area contributed by atoms with Crippen LogP contribution in [0.3, 0.4) is 0 Å². The number of rotatable bonds is 8. The molecule has 0 heterocycles. The van der Waals surface area contributed by atoms with E-state index in [4.69, 9.17) is 0 Å². The maximum atomic E-state index is 9.70. The molecule has 0 bridgehead atoms. The molecule has 0 amide bonds. The average Bonchev–Trinajstić information content (AvgIpc) is 2.42. The molecule has 0 saturated carbocycles. The van der Waals surface area contributed by atoms with Crippen molar-refractivity contribution in [3.05, 3.63) is 48.6 Å². The van der Waals surface area contributed by atoms with Gasteiger partial charge >= 0.3 is 0 Å². The number of hydrogen-bond donors (Lipinski definition) is 2. The van der Waals surface area contributed by atoms with Gasteiger partial charge in [0.2, 0.25) is 0 Å². The Bertz CT molecular complexity index is 399. The molecule has 2 N–H and O–H groups in total. The van der Waals surface area contributed by atoms with Gasteiger partial charge in [-0.2, -0.15) is 0 Å². The number of benzene rings is 1. The van der Waals surface area contributed by atoms with Crippen molar-refractivity contribution in [3.63, 3.8) is 0 Å². The number of aliphatic hydroxyl groups excluding tert-OH is 1. The number of nitrogens with one attached hydrogen (secondary N) is 1. The summed E-state index contributed by atoms with van der Waals surface area (Å²) in [5, 5.41) is 13.3. The summed E-state index contributed by atoms with van der Waals surface area (Å²) >= 11 is 0. The van der Waals surface area contributed by atoms with Gasteiger partial charge in [0.25, 0.3) is 0 Å². The van der Waals surface area contributed by atoms with Gasteiger partial charge in [0.1, 0.15) is 0 Å². The van der Waals surface area contributed by atoms with E-state index in [9.17, 15) is 5.11 Å². The lowest BCUT2D eigenvalue weighted by molar-refractivity contribution is 0.231. The van der Waals surface area contributed by atoms with Crippen LogP contribution in [0.5, 0.6) is 0 Å². The Labute approximate surface area is 124 Å². The van der Waals surface area contributed by atoms with E-state index in [0.29, 0.717) is 11.6 Å². The van der Waals surface area contributed by atoms with Gasteiger partial charge in [0, 0.05) is 6.04 Å². The largest absolute Gasteiger partial charge is 0.394 e. The molecule has 2 nitrogen and oxygen atoms in total. The topological polar surface area (TPSA) is 32.3 Å². The minimum atomic E-state index is -1.31. The van der Waals surface area contributed by atoms with Crippen LogP contribution in [0.25, 0.3) is 0 Å². The summed E-state index contributed by atoms with van der Waals surface area (Å²) in [6.45, 7) is 13.5. The molecule has 112 valence electrons. The molecule has 1 rings (SSSR count). The molecule has 0 aliphatic rings. The highest BCUT2D eigenvalue weighted by Crippen LogP contribution is 2.30. The van der Waals surface area contributed by atoms with Crippen molar-refractivity contribution in [1.82, 2.24) is 5.32 Å². The second-order valence-electron chi connectivity index (χ2n) is 6.45. The van der Waals surface area contributed by atoms with Crippen LogP contribution in [0.2, 0.25) is 25.2 Å². The molecule has 1 unspecified atom stereocenters. The van der Waals surface area contributed by atoms with Gasteiger partial charge < -0.3 is 10.4 Å². The molecule has 1 aromatic carbocycles. The molecule has 0 aliphatic heterocycles. The molecule has 0 aliphatic carbocycles. The standard InChI is InChI=1S/C17H29NOSi/c1-6-15(17(7-2)20(3,4)5)18-16(13-19)14-11-9-8-10-12-14/h7-12,15-19H,2,6,13H2,1,3-5H3/t15-,16-,17?/m0/s1. The van der Waals surface area contributed by atoms with Gasteiger partial charge in [-0.1, -0.05) is 63.0 Å². The molecular formula is C17H29NOSi. The molecular weight excluding hydrogens is 262 g/mol. The Morgan fingerprint density at radius 2 is 1.85 bits per heavy atom. The summed E-state index contributed by atoms with van der Waals surface area (Å²) in [5.74, 6) is 0. The zero-order valence-electron chi connectivity index (χ0n) is 13.3. The van der Waals surface area contributed by atoms with Crippen molar-refractivity contribution < 1.29 is 5.11 Å². The SMILES string of the molecule is C=CC([C@H](CC)N[C@@H](CO)c1ccccc1)[Si](C)(C)C. The van der Waals surface area contributed by atoms with Gasteiger partial charge in [-0.05, 0) is 17.5 Å². The Morgan fingerprint density at radius 1 is 1.25 bits per heavy atom. The maximum absolute atomic E-state index is 9.70. The van der Waals surface area contributed by atoms with E-state index in [1.165, 1.54) is 0 Å². The van der Waals surface area contributed by atoms with Crippen molar-refractivity contribution in [3.8, 4) is 0 Å². The summed E-state index contributed by atoms with van der Waals surface area (Å²) in [6, 6.07) is 10.5. The van der Waals surface area contributed by atoms with E-state index < -0.39 is 8.07 Å². The maximum Gasteiger partial charge on any atom is 0.0626 e. The smallest absolute Gasteiger partial charge is 0.0626 e. The first kappa shape index (κ1) is 17.1. The predicted octanol–water partition coefficient (Wildman–Crippen LogP) is 3.98. The van der Waals surface area contributed by atoms with Crippen molar-refractivity contribution >= 4 is 8.07 Å². The first-order valence-corrected chi connectivity index (χ1v) is 11.1. The third kappa shape index (κ3) is 4.58. The van der Waals surface area contributed by atoms with Crippen LogP contribution in [0.4, 0.5) is 0 Å². The van der Waals surface area contributed by atoms with Crippen molar-refractivity contribution in [2.75, 3.05) is 6.61 Å². The first-order valence-electron chi connectivity index (χ1n) is 7.48. The van der Waals surface area contributed by atoms with Crippen molar-refractivity contribution in [1.29, 1.82) is 0 Å². The highest BCUT2D eigenvalue weighted by atomic mass is 28.3. The zero-order chi connectivity index (χ0) is 15.2. The Kier molecular flexibility index (Phi) is 6.66. The van der Waals surface area contributed by atoms with Gasteiger partial charge in [-0.3, -0.25) is 0 Å². The number of hydrogen-bond acceptors (Lipinski definition) is 2. The molecule has 0 spiro atoms. The second-order valence-corrected chi connectivity index (χ2v) is 11.9. The third-order valence-corrected chi connectivity index (χ3v) is 6.57. The van der Waals surface area contributed by atoms with E-state index in [1.807, 2.05) is 18.2 Å². The van der Waals surface area contributed by atoms with Gasteiger partial charge in [-0.25, -0.2) is 0 Å². The lowest BCUT2D eigenvalue weighted by Crippen LogP contribution is -2.44. The lowest BCUT2D eigenvalue weighted by atomic mass is 10.0. The van der Waals surface area contributed by atoms with Crippen LogP contribution in [0, 0.1) is 0 Å². The highest BCUT2D eigenvalue weighted by molar-refractivity contribution is 6.78. The molecule has 0 aromatic heterocycles. The van der Waals surface area contributed by atoms with E-state index in [1.54, 1.807) is 0 Å². The highest BCUT2D eigenvalue weighted by Gasteiger charge is 2.31. The first-order chi connectivity index (χ1) is 9.43. The van der Waals surface area contributed by atoms with Crippen LogP contribution < -0.4 is 5.32 Å². The van der Waals surface area contributed by atoms with Crippen LogP contribution in [-0.4, -0.2) is 25.8 Å². The summed E-state index contributed by atoms with van der Waals surface area (Å²) < 4.78 is 0. The average molecular weight is 292 g/mol. The second kappa shape index (κ2) is 7.77. The Morgan fingerprint density at radius 3 is 2.25 bits per heavy atom. The summed E-state index contributed by atoms with van der Waals surface area (Å²) in [5.41, 5.74) is 1.65. The summed E-state index contributed by atoms with van der Waals surface area (Å²) in [7, 11) is -1.31. The van der Waals surface area contributed by atoms with Crippen molar-refractivity contribution in [2.24, 2.45) is 0 Å². The molecule has 20 heavy (non-hydrogen) atoms. The molecule has 3 heteroatoms. The fourth-order valence-corrected chi connectivity index (χ4v) is 5.04. The predicted molar refractivity (Wildman–Crippen MR) is 90.8 cm³/mol. The molecule has 0 radical (unpaired) electrons. The van der Waals surface area contributed by atoms with Crippen LogP contribution in [-0.2, 0) is 0 Å². The minimum Gasteiger partial charge on any atom is -0.394 e. The molecule has 1 aromatic rings. The quantitative estimate of drug-likeness (QED) is 0.561. The fraction of sp³-hybridized carbons (Fsp3) is 0.529. The van der Waals surface area contributed by atoms with Crippen LogP contribution >= 0.6 is 0 Å². The van der Waals surface area contributed by atoms with Gasteiger partial charge in [0.15, 0.2) is 0 Å². The van der Waals surface area contributed by atoms with E-state index in [0.717, 1.165) is 12.0 Å². The third-order valence-electron chi connectivity index (χ3n) is 3.93. The van der Waals surface area contributed by atoms with Gasteiger partial charge in [0.05, 0.1) is 20.7 Å². The summed E-state index contributed by atoms with van der Waals surface area (Å²) in [6.07, 6.45) is 3.15. The van der Waals surface area contributed by atoms with Crippen molar-refractivity contribution in [2.45, 2.75) is 50.6 Å². The molecule has 3 atom stereocenters. The Balaban J connectivity index is 2.88. The van der Waals surface area contributed by atoms with E-state index in [-0.39, 0.29) is 12.6 Å². The van der Waals surface area contributed by atoms with Gasteiger partial charge in [-0.15, -0.1) is 6.58 Å². The normalized spacial score (nSPS) is 16.4. The van der Waals surface area contributed by atoms with Crippen LogP contribution in [0.15, 0.2) is 43.0 Å². The minimum absolute atomic E-state index is 0.0000463. The van der Waals surface area contributed by atoms with E-state index in [2.05, 4.69) is 56.7 Å². The van der Waals surface area contributed by atoms with E-state index >= 15 is 0 Å². The van der Waals surface area contributed by atoms with Crippen LogP contribution in [0.1, 0.15) is 24.9 Å². The summed E-state index contributed by atoms with van der Waals surface area (Å²) in [4.78, 5) is 0.